The number of rotatable bonds is 2. The first kappa shape index (κ1) is 13.6. The van der Waals surface area contributed by atoms with Crippen LogP contribution < -0.4 is 0 Å². The topological polar surface area (TPSA) is 141 Å². The van der Waals surface area contributed by atoms with Crippen LogP contribution >= 0.6 is 0 Å². The highest BCUT2D eigenvalue weighted by Crippen LogP contribution is 2.29. The van der Waals surface area contributed by atoms with Crippen molar-refractivity contribution in [3.8, 4) is 0 Å². The van der Waals surface area contributed by atoms with E-state index in [1.54, 1.807) is 0 Å². The fraction of sp³-hybridized carbons (Fsp3) is 0. The van der Waals surface area contributed by atoms with Crippen molar-refractivity contribution in [2.75, 3.05) is 0 Å². The molecule has 0 aromatic carbocycles. The second-order valence-electron chi connectivity index (χ2n) is 3.55. The molecular weight excluding hydrogens is 300 g/mol. The van der Waals surface area contributed by atoms with Gasteiger partial charge in [-0.1, -0.05) is 6.58 Å². The molecule has 102 valence electrons. The van der Waals surface area contributed by atoms with Gasteiger partial charge in [0.2, 0.25) is 0 Å². The van der Waals surface area contributed by atoms with Gasteiger partial charge in [-0.3, -0.25) is 18.8 Å². The van der Waals surface area contributed by atoms with Crippen molar-refractivity contribution in [1.82, 2.24) is 4.90 Å². The van der Waals surface area contributed by atoms with Gasteiger partial charge >= 0.3 is 0 Å². The van der Waals surface area contributed by atoms with Gasteiger partial charge in [-0.25, -0.2) is 0 Å². The van der Waals surface area contributed by atoms with Crippen molar-refractivity contribution in [1.29, 1.82) is 0 Å². The predicted octanol–water partition coefficient (Wildman–Crippen LogP) is -0.745. The number of fused-ring (bicyclic) bond motifs is 1. The Morgan fingerprint density at radius 2 is 1.74 bits per heavy atom. The number of hydrogen-bond acceptors (Lipinski definition) is 6. The molecule has 0 aliphatic carbocycles. The lowest BCUT2D eigenvalue weighted by Crippen LogP contribution is -2.30. The van der Waals surface area contributed by atoms with E-state index in [2.05, 4.69) is 11.6 Å². The molecule has 0 bridgehead atoms. The third-order valence-electron chi connectivity index (χ3n) is 2.30. The largest absolute Gasteiger partial charge is 0.298 e. The summed E-state index contributed by atoms with van der Waals surface area (Å²) in [6.07, 6.45) is 1.27. The van der Waals surface area contributed by atoms with Crippen LogP contribution in [-0.2, 0) is 25.0 Å². The van der Waals surface area contributed by atoms with Gasteiger partial charge in [-0.15, -0.1) is 0 Å². The molecule has 19 heavy (non-hydrogen) atoms. The fourth-order valence-corrected chi connectivity index (χ4v) is 2.68. The second-order valence-corrected chi connectivity index (χ2v) is 6.36. The number of carbonyl (C=O) groups excluding carboxylic acids is 1. The first-order valence-electron chi connectivity index (χ1n) is 4.52. The summed E-state index contributed by atoms with van der Waals surface area (Å²) in [5.41, 5.74) is -0.314. The van der Waals surface area contributed by atoms with E-state index in [9.17, 15) is 21.6 Å². The Hall–Kier alpha value is -1.82. The predicted molar refractivity (Wildman–Crippen MR) is 62.7 cm³/mol. The Labute approximate surface area is 107 Å². The summed E-state index contributed by atoms with van der Waals surface area (Å²) < 4.78 is 62.2. The quantitative estimate of drug-likeness (QED) is 0.501. The van der Waals surface area contributed by atoms with Gasteiger partial charge in [0.05, 0.1) is 0 Å². The van der Waals surface area contributed by atoms with Crippen LogP contribution in [0.1, 0.15) is 0 Å². The van der Waals surface area contributed by atoms with Crippen LogP contribution in [-0.4, -0.2) is 42.6 Å². The van der Waals surface area contributed by atoms with Crippen molar-refractivity contribution in [3.63, 3.8) is 0 Å². The van der Waals surface area contributed by atoms with Crippen LogP contribution in [0.25, 0.3) is 0 Å². The third kappa shape index (κ3) is 2.23. The van der Waals surface area contributed by atoms with Crippen LogP contribution in [0, 0.1) is 0 Å². The maximum Gasteiger partial charge on any atom is 0.298 e. The molecule has 2 rings (SSSR count). The Kier molecular flexibility index (Phi) is 2.75. The summed E-state index contributed by atoms with van der Waals surface area (Å²) >= 11 is 0. The molecule has 0 saturated carbocycles. The average Bonchev–Trinajstić information content (AvgIpc) is 2.51. The molecule has 2 N–H and O–H groups in total. The van der Waals surface area contributed by atoms with Crippen molar-refractivity contribution < 1.29 is 30.7 Å². The van der Waals surface area contributed by atoms with Crippen LogP contribution in [0.15, 0.2) is 39.4 Å². The van der Waals surface area contributed by atoms with Crippen molar-refractivity contribution in [2.24, 2.45) is 4.99 Å². The lowest BCUT2D eigenvalue weighted by molar-refractivity contribution is -0.114. The summed E-state index contributed by atoms with van der Waals surface area (Å²) in [5.74, 6) is -1.37. The van der Waals surface area contributed by atoms with Gasteiger partial charge < -0.3 is 0 Å². The molecular formula is C8H6N2O7S2. The molecule has 0 fully saturated rings. The standard InChI is InChI=1S/C8H6N2O7S2/c1-4-8(11)9-7-6(19(15,16)17)2-5(3-10(4)7)18(12,13)14/h2-3H,1H2,(H,12,13,14)(H,15,16,17). The molecule has 11 heteroatoms. The monoisotopic (exact) mass is 306 g/mol. The molecule has 0 aromatic rings. The lowest BCUT2D eigenvalue weighted by atomic mass is 10.3. The molecule has 2 aliphatic heterocycles. The van der Waals surface area contributed by atoms with Gasteiger partial charge in [0.1, 0.15) is 15.5 Å². The van der Waals surface area contributed by atoms with E-state index in [4.69, 9.17) is 9.11 Å². The van der Waals surface area contributed by atoms with Crippen molar-refractivity contribution in [3.05, 3.63) is 34.4 Å². The van der Waals surface area contributed by atoms with Crippen LogP contribution in [0.4, 0.5) is 0 Å². The van der Waals surface area contributed by atoms with Gasteiger partial charge in [0.15, 0.2) is 5.84 Å². The summed E-state index contributed by atoms with van der Waals surface area (Å²) in [4.78, 5) is 13.6. The number of hydrogen-bond donors (Lipinski definition) is 2. The fourth-order valence-electron chi connectivity index (χ4n) is 1.45. The van der Waals surface area contributed by atoms with Crippen LogP contribution in [0.3, 0.4) is 0 Å². The number of amides is 1. The normalized spacial score (nSPS) is 19.9. The minimum Gasteiger partial charge on any atom is -0.294 e. The van der Waals surface area contributed by atoms with Gasteiger partial charge in [-0.05, 0) is 6.08 Å². The number of amidine groups is 1. The summed E-state index contributed by atoms with van der Waals surface area (Å²) in [6, 6.07) is 0. The Morgan fingerprint density at radius 3 is 2.21 bits per heavy atom. The Balaban J connectivity index is 2.75. The smallest absolute Gasteiger partial charge is 0.294 e. The Morgan fingerprint density at radius 1 is 1.16 bits per heavy atom. The van der Waals surface area contributed by atoms with Crippen molar-refractivity contribution >= 4 is 32.0 Å². The zero-order valence-electron chi connectivity index (χ0n) is 9.01. The summed E-state index contributed by atoms with van der Waals surface area (Å²) in [7, 11) is -9.58. The molecule has 2 aliphatic rings. The molecule has 1 amide bonds. The lowest BCUT2D eigenvalue weighted by Gasteiger charge is -2.21. The van der Waals surface area contributed by atoms with E-state index in [1.165, 1.54) is 0 Å². The Bertz CT molecular complexity index is 798. The van der Waals surface area contributed by atoms with E-state index in [0.717, 1.165) is 11.1 Å². The highest BCUT2D eigenvalue weighted by atomic mass is 32.2. The maximum atomic E-state index is 11.3. The van der Waals surface area contributed by atoms with E-state index in [-0.39, 0.29) is 5.70 Å². The molecule has 2 heterocycles. The van der Waals surface area contributed by atoms with E-state index < -0.39 is 41.8 Å². The first-order valence-corrected chi connectivity index (χ1v) is 7.40. The van der Waals surface area contributed by atoms with Gasteiger partial charge in [-0.2, -0.15) is 21.8 Å². The zero-order valence-corrected chi connectivity index (χ0v) is 10.6. The third-order valence-corrected chi connectivity index (χ3v) is 3.97. The molecule has 0 aromatic heterocycles. The molecule has 9 nitrogen and oxygen atoms in total. The van der Waals surface area contributed by atoms with Crippen molar-refractivity contribution in [2.45, 2.75) is 0 Å². The first-order chi connectivity index (χ1) is 8.51. The number of carbonyl (C=O) groups is 1. The molecule has 0 radical (unpaired) electrons. The number of allylic oxidation sites excluding steroid dienone is 1. The molecule has 0 saturated heterocycles. The molecule has 0 atom stereocenters. The molecule has 0 spiro atoms. The van der Waals surface area contributed by atoms with Crippen LogP contribution in [0.5, 0.6) is 0 Å². The number of aliphatic imine (C=N–C) groups is 1. The zero-order chi connectivity index (χ0) is 14.6. The van der Waals surface area contributed by atoms with Gasteiger partial charge in [0, 0.05) is 6.20 Å². The highest BCUT2D eigenvalue weighted by molar-refractivity contribution is 7.91. The number of nitrogens with zero attached hydrogens (tertiary/aromatic N) is 2. The molecule has 0 unspecified atom stereocenters. The maximum absolute atomic E-state index is 11.3. The summed E-state index contributed by atoms with van der Waals surface area (Å²) in [5, 5.41) is 0. The van der Waals surface area contributed by atoms with Crippen LogP contribution in [0.2, 0.25) is 0 Å². The second kappa shape index (κ2) is 3.84. The highest BCUT2D eigenvalue weighted by Gasteiger charge is 2.38. The van der Waals surface area contributed by atoms with E-state index in [1.807, 2.05) is 0 Å². The minimum atomic E-state index is -4.84. The average molecular weight is 306 g/mol. The summed E-state index contributed by atoms with van der Waals surface area (Å²) in [6.45, 7) is 3.29. The minimum absolute atomic E-state index is 0.314. The SMILES string of the molecule is C=C1C(=O)N=C2C(S(=O)(=O)O)=CC(S(=O)(=O)O)=CN12. The van der Waals surface area contributed by atoms with E-state index >= 15 is 0 Å². The van der Waals surface area contributed by atoms with E-state index in [0.29, 0.717) is 6.08 Å². The van der Waals surface area contributed by atoms with Gasteiger partial charge in [0.25, 0.3) is 26.1 Å².